The summed E-state index contributed by atoms with van der Waals surface area (Å²) in [6.07, 6.45) is 2.55. The summed E-state index contributed by atoms with van der Waals surface area (Å²) in [4.78, 5) is 0. The van der Waals surface area contributed by atoms with Crippen LogP contribution in [-0.2, 0) is 11.3 Å². The van der Waals surface area contributed by atoms with Gasteiger partial charge >= 0.3 is 0 Å². The Morgan fingerprint density at radius 3 is 3.12 bits per heavy atom. The van der Waals surface area contributed by atoms with E-state index in [9.17, 15) is 0 Å². The zero-order valence-corrected chi connectivity index (χ0v) is 11.7. The van der Waals surface area contributed by atoms with Crippen molar-refractivity contribution in [3.05, 3.63) is 28.2 Å². The normalized spacial score (nSPS) is 19.5. The highest BCUT2D eigenvalue weighted by molar-refractivity contribution is 9.10. The van der Waals surface area contributed by atoms with Gasteiger partial charge in [-0.1, -0.05) is 22.0 Å². The van der Waals surface area contributed by atoms with Gasteiger partial charge in [-0.25, -0.2) is 0 Å². The van der Waals surface area contributed by atoms with Gasteiger partial charge in [-0.05, 0) is 31.5 Å². The molecule has 1 atom stereocenters. The van der Waals surface area contributed by atoms with E-state index in [1.165, 1.54) is 18.4 Å². The molecule has 3 nitrogen and oxygen atoms in total. The molecule has 0 spiro atoms. The van der Waals surface area contributed by atoms with Crippen molar-refractivity contribution in [3.63, 3.8) is 0 Å². The molecule has 0 aromatic heterocycles. The number of benzene rings is 1. The van der Waals surface area contributed by atoms with E-state index in [1.54, 1.807) is 7.11 Å². The van der Waals surface area contributed by atoms with E-state index in [-0.39, 0.29) is 0 Å². The maximum absolute atomic E-state index is 5.24. The second-order valence-electron chi connectivity index (χ2n) is 4.37. The monoisotopic (exact) mass is 298 g/mol. The molecule has 94 valence electrons. The molecule has 1 fully saturated rings. The lowest BCUT2D eigenvalue weighted by molar-refractivity contribution is 0.185. The van der Waals surface area contributed by atoms with Gasteiger partial charge in [-0.2, -0.15) is 0 Å². The Bertz CT molecular complexity index is 364. The smallest absolute Gasteiger partial charge is 0.0744 e. The molecule has 2 N–H and O–H groups in total. The lowest BCUT2D eigenvalue weighted by Gasteiger charge is -2.16. The lowest BCUT2D eigenvalue weighted by Crippen LogP contribution is -2.29. The molecule has 2 rings (SSSR count). The molecule has 0 saturated carbocycles. The van der Waals surface area contributed by atoms with E-state index >= 15 is 0 Å². The van der Waals surface area contributed by atoms with Crippen molar-refractivity contribution in [3.8, 4) is 0 Å². The highest BCUT2D eigenvalue weighted by Gasteiger charge is 2.14. The fourth-order valence-corrected chi connectivity index (χ4v) is 2.66. The third kappa shape index (κ3) is 3.44. The van der Waals surface area contributed by atoms with Crippen molar-refractivity contribution in [2.45, 2.75) is 25.5 Å². The summed E-state index contributed by atoms with van der Waals surface area (Å²) in [6, 6.07) is 6.80. The highest BCUT2D eigenvalue weighted by atomic mass is 79.9. The molecule has 1 aliphatic rings. The minimum atomic E-state index is 0.601. The van der Waals surface area contributed by atoms with Gasteiger partial charge in [0.1, 0.15) is 0 Å². The maximum Gasteiger partial charge on any atom is 0.0744 e. The Morgan fingerprint density at radius 2 is 2.41 bits per heavy atom. The minimum Gasteiger partial charge on any atom is -0.383 e. The van der Waals surface area contributed by atoms with Crippen molar-refractivity contribution in [2.24, 2.45) is 0 Å². The molecular weight excluding hydrogens is 280 g/mol. The van der Waals surface area contributed by atoms with E-state index in [4.69, 9.17) is 4.74 Å². The summed E-state index contributed by atoms with van der Waals surface area (Å²) in [6.45, 7) is 2.75. The molecule has 0 amide bonds. The van der Waals surface area contributed by atoms with Crippen LogP contribution in [0, 0.1) is 0 Å². The number of anilines is 1. The standard InChI is InChI=1S/C13H19BrN2O/c1-17-9-11-12(14)5-2-6-13(11)16-8-10-4-3-7-15-10/h2,5-6,10,15-16H,3-4,7-9H2,1H3. The molecule has 0 bridgehead atoms. The van der Waals surface area contributed by atoms with Gasteiger partial charge in [0.2, 0.25) is 0 Å². The largest absolute Gasteiger partial charge is 0.383 e. The van der Waals surface area contributed by atoms with Crippen molar-refractivity contribution >= 4 is 21.6 Å². The van der Waals surface area contributed by atoms with Crippen LogP contribution in [0.25, 0.3) is 0 Å². The van der Waals surface area contributed by atoms with Crippen molar-refractivity contribution in [1.29, 1.82) is 0 Å². The van der Waals surface area contributed by atoms with E-state index in [0.29, 0.717) is 12.6 Å². The Hall–Kier alpha value is -0.580. The van der Waals surface area contributed by atoms with Gasteiger partial charge in [0, 0.05) is 35.4 Å². The summed E-state index contributed by atoms with van der Waals surface area (Å²) < 4.78 is 6.34. The second kappa shape index (κ2) is 6.38. The first-order valence-corrected chi connectivity index (χ1v) is 6.84. The molecular formula is C13H19BrN2O. The average Bonchev–Trinajstić information content (AvgIpc) is 2.83. The number of halogens is 1. The van der Waals surface area contributed by atoms with Crippen LogP contribution in [0.1, 0.15) is 18.4 Å². The molecule has 1 aromatic rings. The number of ether oxygens (including phenoxy) is 1. The van der Waals surface area contributed by atoms with E-state index < -0.39 is 0 Å². The number of hydrogen-bond donors (Lipinski definition) is 2. The number of rotatable bonds is 5. The third-order valence-corrected chi connectivity index (χ3v) is 3.85. The van der Waals surface area contributed by atoms with Crippen molar-refractivity contribution in [1.82, 2.24) is 5.32 Å². The van der Waals surface area contributed by atoms with E-state index in [2.05, 4.69) is 32.6 Å². The van der Waals surface area contributed by atoms with E-state index in [1.807, 2.05) is 12.1 Å². The first kappa shape index (κ1) is 12.9. The lowest BCUT2D eigenvalue weighted by atomic mass is 10.1. The van der Waals surface area contributed by atoms with E-state index in [0.717, 1.165) is 23.2 Å². The first-order chi connectivity index (χ1) is 8.31. The molecule has 1 saturated heterocycles. The first-order valence-electron chi connectivity index (χ1n) is 6.05. The molecule has 17 heavy (non-hydrogen) atoms. The molecule has 1 aromatic carbocycles. The predicted molar refractivity (Wildman–Crippen MR) is 74.4 cm³/mol. The molecule has 0 radical (unpaired) electrons. The summed E-state index contributed by atoms with van der Waals surface area (Å²) >= 11 is 3.57. The Labute approximate surface area is 111 Å². The van der Waals surface area contributed by atoms with Crippen LogP contribution in [-0.4, -0.2) is 26.2 Å². The Kier molecular flexibility index (Phi) is 4.83. The van der Waals surface area contributed by atoms with Crippen LogP contribution in [0.15, 0.2) is 22.7 Å². The predicted octanol–water partition coefficient (Wildman–Crippen LogP) is 2.76. The molecule has 1 unspecified atom stereocenters. The van der Waals surface area contributed by atoms with Crippen molar-refractivity contribution < 1.29 is 4.74 Å². The van der Waals surface area contributed by atoms with Gasteiger partial charge in [0.15, 0.2) is 0 Å². The summed E-state index contributed by atoms with van der Waals surface area (Å²) in [5.74, 6) is 0. The quantitative estimate of drug-likeness (QED) is 0.877. The van der Waals surface area contributed by atoms with Crippen LogP contribution >= 0.6 is 15.9 Å². The van der Waals surface area contributed by atoms with Gasteiger partial charge in [-0.3, -0.25) is 0 Å². The fraction of sp³-hybridized carbons (Fsp3) is 0.538. The Balaban J connectivity index is 2.00. The maximum atomic E-state index is 5.24. The van der Waals surface area contributed by atoms with Gasteiger partial charge in [0.05, 0.1) is 6.61 Å². The fourth-order valence-electron chi connectivity index (χ4n) is 2.18. The van der Waals surface area contributed by atoms with Crippen LogP contribution in [0.3, 0.4) is 0 Å². The molecule has 1 heterocycles. The topological polar surface area (TPSA) is 33.3 Å². The number of nitrogens with one attached hydrogen (secondary N) is 2. The average molecular weight is 299 g/mol. The zero-order valence-electron chi connectivity index (χ0n) is 10.1. The second-order valence-corrected chi connectivity index (χ2v) is 5.23. The van der Waals surface area contributed by atoms with Gasteiger partial charge < -0.3 is 15.4 Å². The van der Waals surface area contributed by atoms with Gasteiger partial charge in [-0.15, -0.1) is 0 Å². The summed E-state index contributed by atoms with van der Waals surface area (Å²) in [5, 5.41) is 7.00. The minimum absolute atomic E-state index is 0.601. The molecule has 4 heteroatoms. The molecule has 1 aliphatic heterocycles. The zero-order chi connectivity index (χ0) is 12.1. The Morgan fingerprint density at radius 1 is 1.53 bits per heavy atom. The van der Waals surface area contributed by atoms with Gasteiger partial charge in [0.25, 0.3) is 0 Å². The summed E-state index contributed by atoms with van der Waals surface area (Å²) in [5.41, 5.74) is 2.35. The SMILES string of the molecule is COCc1c(Br)cccc1NCC1CCCN1. The van der Waals surface area contributed by atoms with Crippen molar-refractivity contribution in [2.75, 3.05) is 25.5 Å². The van der Waals surface area contributed by atoms with Crippen LogP contribution in [0.5, 0.6) is 0 Å². The van der Waals surface area contributed by atoms with Crippen LogP contribution in [0.2, 0.25) is 0 Å². The molecule has 0 aliphatic carbocycles. The number of hydrogen-bond acceptors (Lipinski definition) is 3. The van der Waals surface area contributed by atoms with Crippen LogP contribution < -0.4 is 10.6 Å². The number of methoxy groups -OCH3 is 1. The summed E-state index contributed by atoms with van der Waals surface area (Å²) in [7, 11) is 1.72. The third-order valence-electron chi connectivity index (χ3n) is 3.11. The highest BCUT2D eigenvalue weighted by Crippen LogP contribution is 2.25. The van der Waals surface area contributed by atoms with Crippen LogP contribution in [0.4, 0.5) is 5.69 Å².